The van der Waals surface area contributed by atoms with E-state index in [9.17, 15) is 0 Å². The lowest BCUT2D eigenvalue weighted by Gasteiger charge is -2.08. The minimum Gasteiger partial charge on any atom is -0.265 e. The maximum absolute atomic E-state index is 3.89. The Balaban J connectivity index is 1.54. The van der Waals surface area contributed by atoms with Gasteiger partial charge in [-0.25, -0.2) is 0 Å². The molecule has 0 fully saturated rings. The normalized spacial score (nSPS) is 10.5. The lowest BCUT2D eigenvalue weighted by Crippen LogP contribution is -1.83. The average Bonchev–Trinajstić information content (AvgIpc) is 2.79. The summed E-state index contributed by atoms with van der Waals surface area (Å²) in [5, 5.41) is 0. The van der Waals surface area contributed by atoms with Crippen LogP contribution in [-0.2, 0) is 0 Å². The number of rotatable bonds is 5. The van der Waals surface area contributed by atoms with Gasteiger partial charge in [-0.2, -0.15) is 0 Å². The van der Waals surface area contributed by atoms with E-state index < -0.39 is 0 Å². The first-order valence-corrected chi connectivity index (χ1v) is 9.68. The summed E-state index contributed by atoms with van der Waals surface area (Å²) in [7, 11) is 0. The molecule has 0 saturated carbocycles. The van der Waals surface area contributed by atoms with Crippen LogP contribution in [0.15, 0.2) is 109 Å². The molecule has 0 aliphatic heterocycles. The minimum absolute atomic E-state index is 0.695. The summed E-state index contributed by atoms with van der Waals surface area (Å²) in [6, 6.07) is 34.3. The molecule has 4 aromatic carbocycles. The lowest BCUT2D eigenvalue weighted by molar-refractivity contribution is 1.47. The van der Waals surface area contributed by atoms with Crippen LogP contribution in [0.3, 0.4) is 0 Å². The van der Waals surface area contributed by atoms with Crippen LogP contribution >= 0.6 is 0 Å². The van der Waals surface area contributed by atoms with E-state index in [-0.39, 0.29) is 0 Å². The van der Waals surface area contributed by atoms with Crippen LogP contribution < -0.4 is 0 Å². The molecule has 29 heavy (non-hydrogen) atoms. The number of hydrogen-bond donors (Lipinski definition) is 0. The van der Waals surface area contributed by atoms with Crippen molar-refractivity contribution < 1.29 is 0 Å². The van der Waals surface area contributed by atoms with Crippen molar-refractivity contribution in [3.63, 3.8) is 0 Å². The van der Waals surface area contributed by atoms with Gasteiger partial charge >= 0.3 is 0 Å². The highest BCUT2D eigenvalue weighted by molar-refractivity contribution is 5.74. The zero-order valence-corrected chi connectivity index (χ0v) is 16.6. The van der Waals surface area contributed by atoms with Crippen LogP contribution in [0.1, 0.15) is 11.1 Å². The Morgan fingerprint density at radius 3 is 1.10 bits per heavy atom. The van der Waals surface area contributed by atoms with Gasteiger partial charge in [0.25, 0.3) is 0 Å². The maximum atomic E-state index is 3.89. The summed E-state index contributed by atoms with van der Waals surface area (Å²) in [6.07, 6.45) is 0. The van der Waals surface area contributed by atoms with Crippen molar-refractivity contribution in [3.05, 3.63) is 115 Å². The van der Waals surface area contributed by atoms with E-state index in [0.717, 1.165) is 5.56 Å². The largest absolute Gasteiger partial charge is 0.265 e. The van der Waals surface area contributed by atoms with Gasteiger partial charge in [0.1, 0.15) is 0 Å². The molecule has 0 amide bonds. The fourth-order valence-corrected chi connectivity index (χ4v) is 3.40. The SMILES string of the molecule is C=NC(=C)c1ccc(-c2ccc(-c3ccc(-c4ccc(C)cc4)cc3)cc2)cc1. The monoisotopic (exact) mass is 373 g/mol. The van der Waals surface area contributed by atoms with Crippen molar-refractivity contribution in [2.75, 3.05) is 0 Å². The second kappa shape index (κ2) is 8.12. The second-order valence-corrected chi connectivity index (χ2v) is 7.20. The predicted molar refractivity (Wildman–Crippen MR) is 126 cm³/mol. The van der Waals surface area contributed by atoms with Crippen molar-refractivity contribution >= 4 is 12.4 Å². The molecule has 0 aromatic heterocycles. The number of benzene rings is 4. The van der Waals surface area contributed by atoms with Crippen LogP contribution in [0, 0.1) is 6.92 Å². The number of hydrogen-bond acceptors (Lipinski definition) is 1. The molecule has 0 heterocycles. The smallest absolute Gasteiger partial charge is 0.0622 e. The highest BCUT2D eigenvalue weighted by Crippen LogP contribution is 2.28. The molecule has 0 N–H and O–H groups in total. The Morgan fingerprint density at radius 2 is 0.793 bits per heavy atom. The Labute approximate surface area is 172 Å². The topological polar surface area (TPSA) is 12.4 Å². The van der Waals surface area contributed by atoms with Crippen molar-refractivity contribution in [3.8, 4) is 33.4 Å². The fourth-order valence-electron chi connectivity index (χ4n) is 3.40. The summed E-state index contributed by atoms with van der Waals surface area (Å²) >= 11 is 0. The lowest BCUT2D eigenvalue weighted by atomic mass is 9.97. The molecule has 0 aliphatic carbocycles. The summed E-state index contributed by atoms with van der Waals surface area (Å²) in [5.41, 5.74) is 10.2. The first-order chi connectivity index (χ1) is 14.1. The predicted octanol–water partition coefficient (Wildman–Crippen LogP) is 7.67. The maximum Gasteiger partial charge on any atom is 0.0622 e. The fraction of sp³-hybridized carbons (Fsp3) is 0.0357. The van der Waals surface area contributed by atoms with Gasteiger partial charge in [-0.1, -0.05) is 109 Å². The van der Waals surface area contributed by atoms with Gasteiger partial charge < -0.3 is 0 Å². The summed E-state index contributed by atoms with van der Waals surface area (Å²) < 4.78 is 0. The van der Waals surface area contributed by atoms with Gasteiger partial charge in [-0.3, -0.25) is 4.99 Å². The van der Waals surface area contributed by atoms with E-state index in [1.54, 1.807) is 0 Å². The second-order valence-electron chi connectivity index (χ2n) is 7.20. The Kier molecular flexibility index (Phi) is 5.22. The first kappa shape index (κ1) is 18.6. The summed E-state index contributed by atoms with van der Waals surface area (Å²) in [5.74, 6) is 0. The van der Waals surface area contributed by atoms with Crippen LogP contribution in [-0.4, -0.2) is 6.72 Å². The molecule has 1 nitrogen and oxygen atoms in total. The average molecular weight is 373 g/mol. The molecule has 0 radical (unpaired) electrons. The number of nitrogens with zero attached hydrogens (tertiary/aromatic N) is 1. The molecule has 4 rings (SSSR count). The summed E-state index contributed by atoms with van der Waals surface area (Å²) in [4.78, 5) is 3.89. The van der Waals surface area contributed by atoms with E-state index in [0.29, 0.717) is 5.70 Å². The van der Waals surface area contributed by atoms with Crippen LogP contribution in [0.4, 0.5) is 0 Å². The third-order valence-corrected chi connectivity index (χ3v) is 5.23. The Bertz CT molecular complexity index is 1130. The van der Waals surface area contributed by atoms with Crippen molar-refractivity contribution in [2.24, 2.45) is 4.99 Å². The van der Waals surface area contributed by atoms with Gasteiger partial charge in [-0.05, 0) is 52.6 Å². The van der Waals surface area contributed by atoms with Crippen molar-refractivity contribution in [1.29, 1.82) is 0 Å². The van der Waals surface area contributed by atoms with Gasteiger partial charge in [0, 0.05) is 0 Å². The van der Waals surface area contributed by atoms with Crippen LogP contribution in [0.2, 0.25) is 0 Å². The highest BCUT2D eigenvalue weighted by atomic mass is 14.7. The highest BCUT2D eigenvalue weighted by Gasteiger charge is 2.03. The van der Waals surface area contributed by atoms with E-state index in [1.807, 2.05) is 12.1 Å². The molecular formula is C28H23N. The van der Waals surface area contributed by atoms with Gasteiger partial charge in [0.15, 0.2) is 0 Å². The number of aliphatic imine (C=N–C) groups is 1. The molecule has 0 bridgehead atoms. The van der Waals surface area contributed by atoms with Gasteiger partial charge in [-0.15, -0.1) is 0 Å². The zero-order chi connectivity index (χ0) is 20.2. The molecule has 0 unspecified atom stereocenters. The molecule has 1 heteroatoms. The Hall–Kier alpha value is -3.71. The number of aryl methyl sites for hydroxylation is 1. The third kappa shape index (κ3) is 4.09. The van der Waals surface area contributed by atoms with E-state index in [4.69, 9.17) is 0 Å². The molecule has 0 atom stereocenters. The third-order valence-electron chi connectivity index (χ3n) is 5.23. The molecular weight excluding hydrogens is 350 g/mol. The Morgan fingerprint density at radius 1 is 0.517 bits per heavy atom. The standard InChI is InChI=1S/C28H23N/c1-20-4-6-23(7-5-20)25-12-14-27(15-13-25)28-18-16-26(17-19-28)24-10-8-22(9-11-24)21(2)29-3/h4-19H,2-3H2,1H3. The van der Waals surface area contributed by atoms with Gasteiger partial charge in [0.05, 0.1) is 5.70 Å². The van der Waals surface area contributed by atoms with Crippen LogP contribution in [0.25, 0.3) is 39.1 Å². The summed E-state index contributed by atoms with van der Waals surface area (Å²) in [6.45, 7) is 9.53. The molecule has 140 valence electrons. The molecule has 0 aliphatic rings. The van der Waals surface area contributed by atoms with Gasteiger partial charge in [0.2, 0.25) is 0 Å². The molecule has 0 spiro atoms. The van der Waals surface area contributed by atoms with E-state index in [2.05, 4.69) is 110 Å². The first-order valence-electron chi connectivity index (χ1n) is 9.68. The molecule has 0 saturated heterocycles. The van der Waals surface area contributed by atoms with Crippen molar-refractivity contribution in [1.82, 2.24) is 0 Å². The van der Waals surface area contributed by atoms with E-state index >= 15 is 0 Å². The van der Waals surface area contributed by atoms with Crippen molar-refractivity contribution in [2.45, 2.75) is 6.92 Å². The zero-order valence-electron chi connectivity index (χ0n) is 16.6. The quantitative estimate of drug-likeness (QED) is 0.318. The minimum atomic E-state index is 0.695. The molecule has 4 aromatic rings. The van der Waals surface area contributed by atoms with E-state index in [1.165, 1.54) is 38.9 Å². The van der Waals surface area contributed by atoms with Crippen LogP contribution in [0.5, 0.6) is 0 Å².